The minimum atomic E-state index is -0.0693. The average Bonchev–Trinajstić information content (AvgIpc) is 2.97. The van der Waals surface area contributed by atoms with E-state index in [4.69, 9.17) is 5.73 Å². The van der Waals surface area contributed by atoms with Crippen molar-refractivity contribution in [2.24, 2.45) is 5.73 Å². The molecule has 2 aromatic carbocycles. The summed E-state index contributed by atoms with van der Waals surface area (Å²) < 4.78 is 0. The van der Waals surface area contributed by atoms with E-state index in [-0.39, 0.29) is 11.9 Å². The molecule has 1 atom stereocenters. The molecule has 3 rings (SSSR count). The first-order valence-corrected chi connectivity index (χ1v) is 7.39. The smallest absolute Gasteiger partial charge is 0.223 e. The summed E-state index contributed by atoms with van der Waals surface area (Å²) in [5.74, 6) is 0.192. The van der Waals surface area contributed by atoms with Crippen LogP contribution in [0.15, 0.2) is 54.6 Å². The van der Waals surface area contributed by atoms with E-state index >= 15 is 0 Å². The molecule has 0 aliphatic carbocycles. The third kappa shape index (κ3) is 3.14. The largest absolute Gasteiger partial charge is 0.334 e. The highest BCUT2D eigenvalue weighted by molar-refractivity contribution is 5.77. The van der Waals surface area contributed by atoms with Gasteiger partial charge in [-0.15, -0.1) is 0 Å². The van der Waals surface area contributed by atoms with Crippen LogP contribution in [0.5, 0.6) is 0 Å². The monoisotopic (exact) mass is 280 g/mol. The normalized spacial score (nSPS) is 14.8. The van der Waals surface area contributed by atoms with E-state index in [2.05, 4.69) is 12.1 Å². The van der Waals surface area contributed by atoms with Crippen LogP contribution in [0.25, 0.3) is 0 Å². The van der Waals surface area contributed by atoms with Crippen LogP contribution in [0.3, 0.4) is 0 Å². The Morgan fingerprint density at radius 3 is 2.19 bits per heavy atom. The van der Waals surface area contributed by atoms with E-state index in [0.717, 1.165) is 18.7 Å². The van der Waals surface area contributed by atoms with Crippen LogP contribution in [0.4, 0.5) is 0 Å². The number of hydrogen-bond acceptors (Lipinski definition) is 2. The second-order valence-corrected chi connectivity index (χ2v) is 5.57. The van der Waals surface area contributed by atoms with Gasteiger partial charge in [-0.1, -0.05) is 54.6 Å². The predicted octanol–water partition coefficient (Wildman–Crippen LogP) is 3.01. The summed E-state index contributed by atoms with van der Waals surface area (Å²) in [6.45, 7) is 1.46. The Balaban J connectivity index is 1.54. The van der Waals surface area contributed by atoms with Gasteiger partial charge >= 0.3 is 0 Å². The van der Waals surface area contributed by atoms with Crippen molar-refractivity contribution in [2.75, 3.05) is 0 Å². The van der Waals surface area contributed by atoms with Crippen molar-refractivity contribution in [1.82, 2.24) is 4.90 Å². The lowest BCUT2D eigenvalue weighted by molar-refractivity contribution is -0.132. The minimum absolute atomic E-state index is 0.0693. The van der Waals surface area contributed by atoms with Crippen molar-refractivity contribution in [3.63, 3.8) is 0 Å². The molecule has 0 aromatic heterocycles. The highest BCUT2D eigenvalue weighted by atomic mass is 16.2. The van der Waals surface area contributed by atoms with Crippen LogP contribution in [0.2, 0.25) is 0 Å². The molecule has 2 aromatic rings. The number of hydrogen-bond donors (Lipinski definition) is 1. The fourth-order valence-electron chi connectivity index (χ4n) is 2.81. The Morgan fingerprint density at radius 1 is 1.00 bits per heavy atom. The highest BCUT2D eigenvalue weighted by Crippen LogP contribution is 2.24. The molecule has 1 aliphatic heterocycles. The quantitative estimate of drug-likeness (QED) is 0.935. The molecular weight excluding hydrogens is 260 g/mol. The van der Waals surface area contributed by atoms with Crippen LogP contribution in [0, 0.1) is 0 Å². The van der Waals surface area contributed by atoms with E-state index < -0.39 is 0 Å². The number of benzene rings is 2. The summed E-state index contributed by atoms with van der Waals surface area (Å²) in [5.41, 5.74) is 9.77. The van der Waals surface area contributed by atoms with Crippen molar-refractivity contribution in [2.45, 2.75) is 32.0 Å². The zero-order chi connectivity index (χ0) is 14.7. The van der Waals surface area contributed by atoms with E-state index in [1.165, 1.54) is 11.1 Å². The Bertz CT molecular complexity index is 599. The summed E-state index contributed by atoms with van der Waals surface area (Å²) in [6.07, 6.45) is 1.19. The summed E-state index contributed by atoms with van der Waals surface area (Å²) in [5, 5.41) is 0. The average molecular weight is 280 g/mol. The number of carbonyl (C=O) groups excluding carboxylic acids is 1. The summed E-state index contributed by atoms with van der Waals surface area (Å²) >= 11 is 0. The predicted molar refractivity (Wildman–Crippen MR) is 83.3 cm³/mol. The van der Waals surface area contributed by atoms with Crippen LogP contribution >= 0.6 is 0 Å². The fraction of sp³-hybridized carbons (Fsp3) is 0.278. The van der Waals surface area contributed by atoms with Gasteiger partial charge in [0.15, 0.2) is 0 Å². The lowest BCUT2D eigenvalue weighted by Gasteiger charge is -2.17. The van der Waals surface area contributed by atoms with Crippen molar-refractivity contribution < 1.29 is 4.79 Å². The molecule has 1 aliphatic rings. The molecule has 0 saturated heterocycles. The zero-order valence-corrected chi connectivity index (χ0v) is 12.0. The molecule has 1 unspecified atom stereocenters. The molecular formula is C18H20N2O. The van der Waals surface area contributed by atoms with Gasteiger partial charge in [0.2, 0.25) is 5.91 Å². The maximum atomic E-state index is 12.3. The van der Waals surface area contributed by atoms with E-state index in [0.29, 0.717) is 12.8 Å². The number of fused-ring (bicyclic) bond motifs is 1. The first kappa shape index (κ1) is 13.8. The van der Waals surface area contributed by atoms with Crippen LogP contribution in [-0.2, 0) is 17.9 Å². The van der Waals surface area contributed by atoms with Gasteiger partial charge in [0.25, 0.3) is 0 Å². The van der Waals surface area contributed by atoms with Gasteiger partial charge in [-0.2, -0.15) is 0 Å². The number of rotatable bonds is 4. The lowest BCUT2D eigenvalue weighted by Crippen LogP contribution is -2.26. The summed E-state index contributed by atoms with van der Waals surface area (Å²) in [7, 11) is 0. The Labute approximate surface area is 125 Å². The van der Waals surface area contributed by atoms with Crippen LogP contribution in [-0.4, -0.2) is 10.8 Å². The fourth-order valence-corrected chi connectivity index (χ4v) is 2.81. The molecule has 1 heterocycles. The maximum absolute atomic E-state index is 12.3. The second-order valence-electron chi connectivity index (χ2n) is 5.57. The molecule has 21 heavy (non-hydrogen) atoms. The minimum Gasteiger partial charge on any atom is -0.334 e. The third-order valence-electron chi connectivity index (χ3n) is 4.09. The second kappa shape index (κ2) is 6.10. The van der Waals surface area contributed by atoms with Crippen molar-refractivity contribution in [3.05, 3.63) is 71.3 Å². The maximum Gasteiger partial charge on any atom is 0.223 e. The number of nitrogens with two attached hydrogens (primary N) is 1. The van der Waals surface area contributed by atoms with Crippen molar-refractivity contribution in [1.29, 1.82) is 0 Å². The van der Waals surface area contributed by atoms with Crippen LogP contribution in [0.1, 0.15) is 35.6 Å². The van der Waals surface area contributed by atoms with E-state index in [9.17, 15) is 4.79 Å². The first-order chi connectivity index (χ1) is 10.2. The van der Waals surface area contributed by atoms with Gasteiger partial charge in [-0.05, 0) is 23.1 Å². The van der Waals surface area contributed by atoms with Gasteiger partial charge in [-0.3, -0.25) is 4.79 Å². The lowest BCUT2D eigenvalue weighted by atomic mass is 10.0. The zero-order valence-electron chi connectivity index (χ0n) is 12.0. The molecule has 0 spiro atoms. The first-order valence-electron chi connectivity index (χ1n) is 7.39. The van der Waals surface area contributed by atoms with Gasteiger partial charge in [0.05, 0.1) is 0 Å². The van der Waals surface area contributed by atoms with E-state index in [1.807, 2.05) is 47.4 Å². The van der Waals surface area contributed by atoms with Crippen LogP contribution < -0.4 is 5.73 Å². The molecule has 0 radical (unpaired) electrons. The molecule has 3 heteroatoms. The van der Waals surface area contributed by atoms with Crippen molar-refractivity contribution >= 4 is 5.91 Å². The Morgan fingerprint density at radius 2 is 1.57 bits per heavy atom. The topological polar surface area (TPSA) is 46.3 Å². The summed E-state index contributed by atoms with van der Waals surface area (Å²) in [4.78, 5) is 14.2. The Kier molecular flexibility index (Phi) is 4.02. The molecule has 0 bridgehead atoms. The Hall–Kier alpha value is -2.13. The van der Waals surface area contributed by atoms with E-state index in [1.54, 1.807) is 0 Å². The van der Waals surface area contributed by atoms with Gasteiger partial charge < -0.3 is 10.6 Å². The van der Waals surface area contributed by atoms with Gasteiger partial charge in [0, 0.05) is 25.6 Å². The number of carbonyl (C=O) groups is 1. The number of nitrogens with zero attached hydrogens (tertiary/aromatic N) is 1. The van der Waals surface area contributed by atoms with Gasteiger partial charge in [0.1, 0.15) is 0 Å². The SMILES string of the molecule is NC(CCC(=O)N1Cc2ccccc2C1)c1ccccc1. The number of amides is 1. The van der Waals surface area contributed by atoms with Crippen molar-refractivity contribution in [3.8, 4) is 0 Å². The van der Waals surface area contributed by atoms with Gasteiger partial charge in [-0.25, -0.2) is 0 Å². The molecule has 0 fully saturated rings. The molecule has 2 N–H and O–H groups in total. The molecule has 3 nitrogen and oxygen atoms in total. The molecule has 108 valence electrons. The molecule has 0 saturated carbocycles. The third-order valence-corrected chi connectivity index (χ3v) is 4.09. The highest BCUT2D eigenvalue weighted by Gasteiger charge is 2.22. The summed E-state index contributed by atoms with van der Waals surface area (Å²) in [6, 6.07) is 18.1. The standard InChI is InChI=1S/C18H20N2O/c19-17(14-6-2-1-3-7-14)10-11-18(21)20-12-15-8-4-5-9-16(15)13-20/h1-9,17H,10-13,19H2. The molecule has 1 amide bonds.